The minimum Gasteiger partial charge on any atom is -0.369 e. The first-order valence-corrected chi connectivity index (χ1v) is 9.86. The zero-order chi connectivity index (χ0) is 19.1. The number of para-hydroxylation sites is 2. The highest BCUT2D eigenvalue weighted by molar-refractivity contribution is 8.02. The zero-order valence-electron chi connectivity index (χ0n) is 12.8. The second-order valence-electron chi connectivity index (χ2n) is 4.67. The van der Waals surface area contributed by atoms with Crippen LogP contribution in [-0.4, -0.2) is 37.0 Å². The highest BCUT2D eigenvalue weighted by Gasteiger charge is 2.15. The lowest BCUT2D eigenvalue weighted by Crippen LogP contribution is -2.32. The number of guanidine groups is 1. The van der Waals surface area contributed by atoms with Gasteiger partial charge in [0.15, 0.2) is 5.96 Å². The van der Waals surface area contributed by atoms with Crippen LogP contribution >= 0.6 is 0 Å². The molecule has 0 aliphatic heterocycles. The molecule has 0 aromatic heterocycles. The molecule has 0 radical (unpaired) electrons. The summed E-state index contributed by atoms with van der Waals surface area (Å²) in [7, 11) is -9.24. The molecule has 0 unspecified atom stereocenters. The van der Waals surface area contributed by atoms with E-state index in [0.29, 0.717) is 0 Å². The normalized spacial score (nSPS) is 11.1. The van der Waals surface area contributed by atoms with Gasteiger partial charge in [0.2, 0.25) is 5.08 Å². The van der Waals surface area contributed by atoms with Crippen molar-refractivity contribution < 1.29 is 25.9 Å². The summed E-state index contributed by atoms with van der Waals surface area (Å²) in [6.45, 7) is 0. The second-order valence-corrected chi connectivity index (χ2v) is 7.94. The molecule has 136 valence electrons. The summed E-state index contributed by atoms with van der Waals surface area (Å²) < 4.78 is 54.2. The molecule has 0 heterocycles. The van der Waals surface area contributed by atoms with E-state index >= 15 is 0 Å². The first-order valence-electron chi connectivity index (χ1n) is 6.64. The molecule has 2 rings (SSSR count). The van der Waals surface area contributed by atoms with Gasteiger partial charge in [-0.2, -0.15) is 16.8 Å². The predicted octanol–water partition coefficient (Wildman–Crippen LogP) is 1.44. The van der Waals surface area contributed by atoms with Crippen LogP contribution < -0.4 is 10.6 Å². The maximum Gasteiger partial charge on any atom is 0.281 e. The summed E-state index contributed by atoms with van der Waals surface area (Å²) in [5.41, 5.74) is 7.39. The minimum absolute atomic E-state index is 0.0115. The summed E-state index contributed by atoms with van der Waals surface area (Å²) in [5.74, 6) is 0.0115. The van der Waals surface area contributed by atoms with Crippen molar-refractivity contribution in [3.05, 3.63) is 60.7 Å². The van der Waals surface area contributed by atoms with Gasteiger partial charge in [0, 0.05) is 11.4 Å². The number of nitrogens with zero attached hydrogens (tertiary/aromatic N) is 1. The first-order chi connectivity index (χ1) is 11.5. The van der Waals surface area contributed by atoms with Crippen LogP contribution in [0.3, 0.4) is 0 Å². The Hall–Kier alpha value is -2.47. The molecule has 2 aromatic rings. The average molecular weight is 387 g/mol. The molecule has 0 amide bonds. The Kier molecular flexibility index (Phi) is 7.06. The number of hydrogen-bond acceptors (Lipinski definition) is 5. The van der Waals surface area contributed by atoms with E-state index < -0.39 is 25.3 Å². The van der Waals surface area contributed by atoms with Gasteiger partial charge in [-0.05, 0) is 24.3 Å². The monoisotopic (exact) mass is 387 g/mol. The van der Waals surface area contributed by atoms with Gasteiger partial charge in [-0.3, -0.25) is 19.4 Å². The molecule has 0 aliphatic rings. The fourth-order valence-electron chi connectivity index (χ4n) is 1.77. The van der Waals surface area contributed by atoms with Gasteiger partial charge in [0.05, 0.1) is 0 Å². The molecule has 9 nitrogen and oxygen atoms in total. The van der Waals surface area contributed by atoms with Gasteiger partial charge in [0.1, 0.15) is 0 Å². The van der Waals surface area contributed by atoms with E-state index in [0.717, 1.165) is 11.4 Å². The van der Waals surface area contributed by atoms with E-state index in [1.54, 1.807) is 4.90 Å². The lowest BCUT2D eigenvalue weighted by atomic mass is 10.2. The third-order valence-electron chi connectivity index (χ3n) is 2.57. The fourth-order valence-corrected chi connectivity index (χ4v) is 3.28. The Balaban J connectivity index is 0.000000299. The molecule has 11 heteroatoms. The van der Waals surface area contributed by atoms with E-state index in [2.05, 4.69) is 0 Å². The highest BCUT2D eigenvalue weighted by atomic mass is 32.3. The van der Waals surface area contributed by atoms with Crippen LogP contribution in [0.15, 0.2) is 60.7 Å². The summed E-state index contributed by atoms with van der Waals surface area (Å²) >= 11 is 0. The van der Waals surface area contributed by atoms with Crippen molar-refractivity contribution in [2.45, 2.75) is 0 Å². The number of anilines is 2. The van der Waals surface area contributed by atoms with E-state index in [1.807, 2.05) is 60.7 Å². The van der Waals surface area contributed by atoms with Gasteiger partial charge in [0.25, 0.3) is 20.2 Å². The number of rotatable bonds is 4. The van der Waals surface area contributed by atoms with Crippen molar-refractivity contribution >= 4 is 37.6 Å². The Bertz CT molecular complexity index is 831. The van der Waals surface area contributed by atoms with Crippen molar-refractivity contribution in [2.75, 3.05) is 9.98 Å². The Morgan fingerprint density at radius 1 is 0.840 bits per heavy atom. The third kappa shape index (κ3) is 8.26. The average Bonchev–Trinajstić information content (AvgIpc) is 2.46. The Morgan fingerprint density at radius 2 is 1.16 bits per heavy atom. The topological polar surface area (TPSA) is 162 Å². The van der Waals surface area contributed by atoms with Gasteiger partial charge < -0.3 is 5.73 Å². The summed E-state index contributed by atoms with van der Waals surface area (Å²) in [6, 6.07) is 19.3. The largest absolute Gasteiger partial charge is 0.369 e. The molecule has 2 aromatic carbocycles. The molecule has 25 heavy (non-hydrogen) atoms. The van der Waals surface area contributed by atoms with Crippen LogP contribution in [0.5, 0.6) is 0 Å². The van der Waals surface area contributed by atoms with Crippen LogP contribution in [0.1, 0.15) is 0 Å². The Morgan fingerprint density at radius 3 is 1.36 bits per heavy atom. The first kappa shape index (κ1) is 20.6. The standard InChI is InChI=1S/C13H13N3.CH4O6S2/c14-13(15)16(11-7-3-1-4-8-11)12-9-5-2-6-10-12;2-8(3,4)1-9(5,6)7/h1-10H,(H3,14,15);1H2,(H,2,3,4)(H,5,6,7). The number of nitrogens with one attached hydrogen (secondary N) is 1. The highest BCUT2D eigenvalue weighted by Crippen LogP contribution is 2.23. The summed E-state index contributed by atoms with van der Waals surface area (Å²) in [5, 5.41) is 5.98. The molecule has 5 N–H and O–H groups in total. The van der Waals surface area contributed by atoms with Crippen LogP contribution in [0.4, 0.5) is 11.4 Å². The van der Waals surface area contributed by atoms with Gasteiger partial charge >= 0.3 is 0 Å². The number of nitrogens with two attached hydrogens (primary N) is 1. The molecular formula is C14H17N3O6S2. The molecule has 0 bridgehead atoms. The van der Waals surface area contributed by atoms with Crippen molar-refractivity contribution in [1.29, 1.82) is 5.41 Å². The van der Waals surface area contributed by atoms with Crippen molar-refractivity contribution in [1.82, 2.24) is 0 Å². The lowest BCUT2D eigenvalue weighted by molar-refractivity contribution is 0.471. The molecule has 0 saturated carbocycles. The van der Waals surface area contributed by atoms with Crippen LogP contribution in [0.25, 0.3) is 0 Å². The molecular weight excluding hydrogens is 370 g/mol. The van der Waals surface area contributed by atoms with E-state index in [9.17, 15) is 16.8 Å². The van der Waals surface area contributed by atoms with Crippen molar-refractivity contribution in [3.63, 3.8) is 0 Å². The predicted molar refractivity (Wildman–Crippen MR) is 94.9 cm³/mol. The molecule has 0 aliphatic carbocycles. The summed E-state index contributed by atoms with van der Waals surface area (Å²) in [6.07, 6.45) is 0. The smallest absolute Gasteiger partial charge is 0.281 e. The van der Waals surface area contributed by atoms with Crippen LogP contribution in [0, 0.1) is 5.41 Å². The van der Waals surface area contributed by atoms with E-state index in [4.69, 9.17) is 20.2 Å². The van der Waals surface area contributed by atoms with Crippen LogP contribution in [0.2, 0.25) is 0 Å². The number of benzene rings is 2. The van der Waals surface area contributed by atoms with Gasteiger partial charge in [-0.15, -0.1) is 0 Å². The molecule has 0 fully saturated rings. The maximum absolute atomic E-state index is 9.66. The SMILES string of the molecule is N=C(N)N(c1ccccc1)c1ccccc1.O=S(=O)(O)CS(=O)(=O)O. The maximum atomic E-state index is 9.66. The number of hydrogen-bond donors (Lipinski definition) is 4. The molecule has 0 saturated heterocycles. The molecule has 0 atom stereocenters. The molecule has 0 spiro atoms. The summed E-state index contributed by atoms with van der Waals surface area (Å²) in [4.78, 5) is 1.69. The minimum atomic E-state index is -4.62. The van der Waals surface area contributed by atoms with Gasteiger partial charge in [-0.25, -0.2) is 0 Å². The third-order valence-corrected chi connectivity index (χ3v) is 4.95. The fraction of sp³-hybridized carbons (Fsp3) is 0.0714. The second kappa shape index (κ2) is 8.58. The quantitative estimate of drug-likeness (QED) is 0.348. The zero-order valence-corrected chi connectivity index (χ0v) is 14.5. The van der Waals surface area contributed by atoms with E-state index in [1.165, 1.54) is 0 Å². The van der Waals surface area contributed by atoms with Crippen molar-refractivity contribution in [3.8, 4) is 0 Å². The van der Waals surface area contributed by atoms with Gasteiger partial charge in [-0.1, -0.05) is 36.4 Å². The van der Waals surface area contributed by atoms with Crippen LogP contribution in [-0.2, 0) is 20.2 Å². The lowest BCUT2D eigenvalue weighted by Gasteiger charge is -2.22. The van der Waals surface area contributed by atoms with E-state index in [-0.39, 0.29) is 5.96 Å². The van der Waals surface area contributed by atoms with Crippen molar-refractivity contribution in [2.24, 2.45) is 5.73 Å². The Labute approximate surface area is 145 Å².